The second-order valence-corrected chi connectivity index (χ2v) is 26.8. The number of aliphatic hydroxyl groups excluding tert-OH is 1. The lowest BCUT2D eigenvalue weighted by Crippen LogP contribution is -2.36. The first-order valence-electron chi connectivity index (χ1n) is 33.2. The minimum absolute atomic E-state index is 0.00266. The highest BCUT2D eigenvalue weighted by atomic mass is 31.1. The van der Waals surface area contributed by atoms with E-state index in [1.165, 1.54) is 61.1 Å². The maximum atomic E-state index is 14.4. The van der Waals surface area contributed by atoms with Crippen LogP contribution in [0.3, 0.4) is 0 Å². The number of amides is 4. The van der Waals surface area contributed by atoms with Gasteiger partial charge in [0.2, 0.25) is 17.7 Å². The summed E-state index contributed by atoms with van der Waals surface area (Å²) in [5, 5.41) is 29.4. The molecule has 0 aliphatic carbocycles. The van der Waals surface area contributed by atoms with Crippen molar-refractivity contribution in [3.05, 3.63) is 135 Å². The summed E-state index contributed by atoms with van der Waals surface area (Å²) in [6, 6.07) is 20.4. The molecule has 4 amide bonds. The van der Waals surface area contributed by atoms with Gasteiger partial charge in [-0.3, -0.25) is 52.5 Å². The number of imidazole rings is 2. The highest BCUT2D eigenvalue weighted by molar-refractivity contribution is 7.33. The zero-order chi connectivity index (χ0) is 76.8. The second kappa shape index (κ2) is 35.9. The number of carbonyl (C=O) groups excluding carboxylic acids is 5. The minimum atomic E-state index is -3.29. The number of hydrogen-bond acceptors (Lipinski definition) is 34. The molecule has 0 bridgehead atoms. The largest absolute Gasteiger partial charge is 0.697 e. The number of esters is 1. The van der Waals surface area contributed by atoms with Crippen LogP contribution in [0.5, 0.6) is 17.4 Å². The van der Waals surface area contributed by atoms with Gasteiger partial charge >= 0.3 is 48.0 Å². The van der Waals surface area contributed by atoms with E-state index >= 15 is 0 Å². The number of rotatable bonds is 33. The Morgan fingerprint density at radius 2 is 1.17 bits per heavy atom. The third-order valence-corrected chi connectivity index (χ3v) is 19.1. The van der Waals surface area contributed by atoms with E-state index in [2.05, 4.69) is 61.1 Å². The van der Waals surface area contributed by atoms with Crippen molar-refractivity contribution in [3.63, 3.8) is 0 Å². The molecule has 8 aromatic rings. The average molecular weight is 1570 g/mol. The van der Waals surface area contributed by atoms with Gasteiger partial charge in [-0.2, -0.15) is 20.2 Å². The third kappa shape index (κ3) is 19.6. The Morgan fingerprint density at radius 1 is 0.633 bits per heavy atom. The Hall–Kier alpha value is -10.8. The Labute approximate surface area is 615 Å². The van der Waals surface area contributed by atoms with Crippen molar-refractivity contribution in [1.82, 2.24) is 63.5 Å². The summed E-state index contributed by atoms with van der Waals surface area (Å²) >= 11 is 0. The summed E-state index contributed by atoms with van der Waals surface area (Å²) in [7, 11) is -8.51. The number of para-hydroxylation sites is 2. The Bertz CT molecular complexity index is 4930. The van der Waals surface area contributed by atoms with Gasteiger partial charge in [-0.25, -0.2) is 34.3 Å². The van der Waals surface area contributed by atoms with Gasteiger partial charge in [0.1, 0.15) is 124 Å². The van der Waals surface area contributed by atoms with Gasteiger partial charge in [0.05, 0.1) is 31.8 Å². The molecule has 2 aromatic carbocycles. The number of fused-ring (bicyclic) bond motifs is 2. The van der Waals surface area contributed by atoms with Crippen molar-refractivity contribution in [2.75, 3.05) is 69.2 Å². The van der Waals surface area contributed by atoms with E-state index in [4.69, 9.17) is 65.0 Å². The first-order chi connectivity index (χ1) is 52.7. The molecule has 46 heteroatoms. The van der Waals surface area contributed by atoms with Crippen molar-refractivity contribution >= 4 is 94.3 Å². The Balaban J connectivity index is 0.782. The zero-order valence-electron chi connectivity index (χ0n) is 57.5. The smallest absolute Gasteiger partial charge is 0.484 e. The van der Waals surface area contributed by atoms with Gasteiger partial charge < -0.3 is 59.0 Å². The monoisotopic (exact) mass is 1570 g/mol. The van der Waals surface area contributed by atoms with Crippen LogP contribution in [0.4, 0.5) is 17.6 Å². The second-order valence-electron chi connectivity index (χ2n) is 24.1. The molecule has 6 N–H and O–H groups in total. The number of likely N-dealkylation sites (N-methyl/N-ethyl adjacent to an activating group) is 1. The van der Waals surface area contributed by atoms with Gasteiger partial charge in [0.25, 0.3) is 17.4 Å². The zero-order valence-corrected chi connectivity index (χ0v) is 60.2. The van der Waals surface area contributed by atoms with Crippen LogP contribution >= 0.6 is 24.8 Å². The fourth-order valence-corrected chi connectivity index (χ4v) is 13.9. The van der Waals surface area contributed by atoms with Crippen molar-refractivity contribution in [3.8, 4) is 23.4 Å². The number of aliphatic hydroxyl groups is 1. The molecule has 0 saturated carbocycles. The maximum absolute atomic E-state index is 14.4. The van der Waals surface area contributed by atoms with Crippen LogP contribution in [0.25, 0.3) is 22.3 Å². The predicted octanol–water partition coefficient (Wildman–Crippen LogP) is 3.05. The molecule has 0 spiro atoms. The van der Waals surface area contributed by atoms with E-state index in [-0.39, 0.29) is 90.1 Å². The third-order valence-electron chi connectivity index (χ3n) is 16.7. The summed E-state index contributed by atoms with van der Waals surface area (Å²) in [5.74, 6) is -3.85. The van der Waals surface area contributed by atoms with Gasteiger partial charge in [0.15, 0.2) is 41.4 Å². The summed E-state index contributed by atoms with van der Waals surface area (Å²) in [6.07, 6.45) is -9.42. The molecule has 4 fully saturated rings. The molecule has 109 heavy (non-hydrogen) atoms. The van der Waals surface area contributed by atoms with E-state index < -0.39 is 185 Å². The fraction of sp³-hybridized carbons (Fsp3) is 0.429. The Kier molecular flexibility index (Phi) is 25.7. The topological polar surface area (TPSA) is 535 Å². The number of nitrogens with one attached hydrogen (secondary N) is 5. The summed E-state index contributed by atoms with van der Waals surface area (Å²) in [4.78, 5) is 134. The molecule has 4 saturated heterocycles. The van der Waals surface area contributed by atoms with E-state index in [0.29, 0.717) is 11.5 Å². The van der Waals surface area contributed by atoms with E-state index in [1.54, 1.807) is 60.7 Å². The first kappa shape index (κ1) is 77.8. The number of aromatic amines is 1. The number of H-pyrrole nitrogens is 1. The standard InChI is InChI=1S/C63H64N17O26P3/c1-33-23-78(63(89)75-57(33)85)49-19-37(103-60(87)58(86)65-3)42(100-49)25-96-108(91)106-40-22-51(80-32-69-53-56(80)74-61(76-59(53)93-18-10-16-64)73-47(84)29-95-36-13-8-5-9-14-36)102-44(40)27-98-109(92)105-39-21-50(79-31-68-52-54(66-30-67-55(52)79)72-46(83)28-94-35-11-6-4-7-12-35)101-43(39)26-97-107(90)104-38-20-48(99-41(38)24-81)77-17-15-45(70-34(2)82)71-62(77)88/h4-9,11-15,17,23,30-32,37-44,48-51,81H,10,18-22,24-29H2,1-3H3,(H2-3,65,66,67,70,71,72,73,74,75,76,82,83,84,85,86,88,89)/p+3/t37?,38?,39?,40?,41-,42-,43-,44-,48-,49-,50-,51-/m1/s1. The number of aryl methyl sites for hydroxylation is 1. The van der Waals surface area contributed by atoms with Crippen LogP contribution in [0.15, 0.2) is 112 Å². The lowest BCUT2D eigenvalue weighted by molar-refractivity contribution is -0.161. The molecule has 15 atom stereocenters. The normalized spacial score (nSPS) is 22.7. The molecular formula is C63H67N17O26P3+3. The number of aromatic nitrogens is 12. The van der Waals surface area contributed by atoms with Crippen LogP contribution in [0, 0.1) is 18.3 Å². The fourth-order valence-electron chi connectivity index (χ4n) is 11.6. The van der Waals surface area contributed by atoms with Crippen molar-refractivity contribution in [2.24, 2.45) is 0 Å². The average Bonchev–Trinajstić information content (AvgIpc) is 1.62. The molecule has 10 heterocycles. The highest BCUT2D eigenvalue weighted by Gasteiger charge is 2.51. The first-order valence-corrected chi connectivity index (χ1v) is 36.5. The molecular weight excluding hydrogens is 1500 g/mol. The summed E-state index contributed by atoms with van der Waals surface area (Å²) < 4.78 is 130. The van der Waals surface area contributed by atoms with E-state index in [9.17, 15) is 62.4 Å². The van der Waals surface area contributed by atoms with Gasteiger partial charge in [-0.1, -0.05) is 36.4 Å². The van der Waals surface area contributed by atoms with Gasteiger partial charge in [-0.05, 0) is 37.3 Å². The minimum Gasteiger partial charge on any atom is -0.484 e. The number of benzene rings is 2. The summed E-state index contributed by atoms with van der Waals surface area (Å²) in [6.45, 7) is -0.977. The molecule has 4 aliphatic heterocycles. The van der Waals surface area contributed by atoms with Gasteiger partial charge in [0, 0.05) is 71.3 Å². The molecule has 572 valence electrons. The number of hydrogen-bond donors (Lipinski definition) is 6. The highest BCUT2D eigenvalue weighted by Crippen LogP contribution is 2.45. The van der Waals surface area contributed by atoms with E-state index in [1.807, 2.05) is 6.07 Å². The quantitative estimate of drug-likeness (QED) is 0.0149. The van der Waals surface area contributed by atoms with Crippen molar-refractivity contribution in [1.29, 1.82) is 5.26 Å². The summed E-state index contributed by atoms with van der Waals surface area (Å²) in [5.41, 5.74) is -1.99. The van der Waals surface area contributed by atoms with Crippen LogP contribution < -0.4 is 52.4 Å². The lowest BCUT2D eigenvalue weighted by atomic mass is 10.2. The van der Waals surface area contributed by atoms with Crippen LogP contribution in [-0.2, 0) is 88.5 Å². The molecule has 12 rings (SSSR count). The molecule has 6 aromatic heterocycles. The predicted molar refractivity (Wildman–Crippen MR) is 367 cm³/mol. The van der Waals surface area contributed by atoms with Crippen molar-refractivity contribution in [2.45, 2.75) is 120 Å². The maximum Gasteiger partial charge on any atom is 0.697 e. The van der Waals surface area contributed by atoms with Crippen LogP contribution in [0.2, 0.25) is 0 Å². The van der Waals surface area contributed by atoms with Crippen LogP contribution in [-0.4, -0.2) is 195 Å². The number of carbonyl (C=O) groups is 5. The molecule has 43 nitrogen and oxygen atoms in total. The number of nitriles is 1. The lowest BCUT2D eigenvalue weighted by Gasteiger charge is -2.16. The Morgan fingerprint density at radius 3 is 1.73 bits per heavy atom. The molecule has 0 radical (unpaired) electrons. The molecule has 4 aliphatic rings. The number of anilines is 3. The number of nitrogens with zero attached hydrogens (tertiary/aromatic N) is 12. The van der Waals surface area contributed by atoms with Gasteiger partial charge in [-0.15, -0.1) is 27.1 Å². The van der Waals surface area contributed by atoms with Crippen molar-refractivity contribution < 1.29 is 108 Å². The number of ether oxygens (including phenoxy) is 8. The van der Waals surface area contributed by atoms with Crippen LogP contribution in [0.1, 0.15) is 69.5 Å². The SMILES string of the molecule is CNC(=O)C(=O)OC1C[C@H](n2cc(C)c(=O)[nH]c2=O)O[C@@H]1CO[P+](=O)OC1C[C@H](n2cnc3c(OCCC#N)nc(NC(=O)COc4ccccc4)nc32)O[C@@H]1CO[P+](=O)OC1C[C@H](n2cnc3c(NC(=O)COc4ccccc4)ncnc32)O[C@@H]1CO[P+](=O)OC1C[C@H](n2ccc(NC(C)=O)nc2=O)O[C@@H]1CO. The molecule has 7 unspecified atom stereocenters. The van der Waals surface area contributed by atoms with E-state index in [0.717, 1.165) is 15.5 Å².